The minimum Gasteiger partial charge on any atom is -0.493 e. The first kappa shape index (κ1) is 19.8. The van der Waals surface area contributed by atoms with E-state index in [1.165, 1.54) is 14.2 Å². The second kappa shape index (κ2) is 8.74. The summed E-state index contributed by atoms with van der Waals surface area (Å²) >= 11 is 6.19. The maximum Gasteiger partial charge on any atom is 0.251 e. The maximum atomic E-state index is 12.6. The smallest absolute Gasteiger partial charge is 0.251 e. The van der Waals surface area contributed by atoms with E-state index in [1.807, 2.05) is 0 Å². The molecule has 0 bridgehead atoms. The van der Waals surface area contributed by atoms with Crippen LogP contribution in [0.2, 0.25) is 5.02 Å². The first-order valence-electron chi connectivity index (χ1n) is 8.47. The number of nitrogens with zero attached hydrogens (tertiary/aromatic N) is 1. The van der Waals surface area contributed by atoms with E-state index in [-0.39, 0.29) is 11.4 Å². The summed E-state index contributed by atoms with van der Waals surface area (Å²) in [5.74, 6) is 0.676. The Bertz CT molecular complexity index is 605. The Balaban J connectivity index is 2.09. The summed E-state index contributed by atoms with van der Waals surface area (Å²) in [6, 6.07) is 3.23. The van der Waals surface area contributed by atoms with Crippen LogP contribution in [0.4, 0.5) is 0 Å². The Morgan fingerprint density at radius 3 is 2.56 bits per heavy atom. The predicted molar refractivity (Wildman–Crippen MR) is 98.0 cm³/mol. The SMILES string of the molecule is CCC(C)(CNC(=O)c1cc(Cl)c(OC)c(OC)c1)N1CCOCC1. The molecule has 1 aromatic carbocycles. The van der Waals surface area contributed by atoms with Gasteiger partial charge in [0.05, 0.1) is 32.5 Å². The molecule has 7 heteroatoms. The maximum absolute atomic E-state index is 12.6. The van der Waals surface area contributed by atoms with Gasteiger partial charge in [0, 0.05) is 30.7 Å². The highest BCUT2D eigenvalue weighted by Crippen LogP contribution is 2.36. The number of hydrogen-bond acceptors (Lipinski definition) is 5. The monoisotopic (exact) mass is 370 g/mol. The molecule has 25 heavy (non-hydrogen) atoms. The van der Waals surface area contributed by atoms with E-state index >= 15 is 0 Å². The highest BCUT2D eigenvalue weighted by atomic mass is 35.5. The number of morpholine rings is 1. The highest BCUT2D eigenvalue weighted by Gasteiger charge is 2.31. The number of ether oxygens (including phenoxy) is 3. The van der Waals surface area contributed by atoms with E-state index < -0.39 is 0 Å². The van der Waals surface area contributed by atoms with Gasteiger partial charge >= 0.3 is 0 Å². The fraction of sp³-hybridized carbons (Fsp3) is 0.611. The third kappa shape index (κ3) is 4.57. The van der Waals surface area contributed by atoms with Gasteiger partial charge in [0.1, 0.15) is 0 Å². The van der Waals surface area contributed by atoms with Crippen molar-refractivity contribution in [3.05, 3.63) is 22.7 Å². The lowest BCUT2D eigenvalue weighted by Gasteiger charge is -2.43. The molecule has 0 aromatic heterocycles. The van der Waals surface area contributed by atoms with Gasteiger partial charge in [-0.05, 0) is 25.5 Å². The molecule has 2 rings (SSSR count). The van der Waals surface area contributed by atoms with Crippen molar-refractivity contribution < 1.29 is 19.0 Å². The Labute approximate surface area is 154 Å². The second-order valence-electron chi connectivity index (χ2n) is 6.33. The van der Waals surface area contributed by atoms with Crippen molar-refractivity contribution >= 4 is 17.5 Å². The van der Waals surface area contributed by atoms with Gasteiger partial charge in [0.25, 0.3) is 5.91 Å². The van der Waals surface area contributed by atoms with Crippen LogP contribution in [0.15, 0.2) is 12.1 Å². The van der Waals surface area contributed by atoms with Crippen molar-refractivity contribution in [3.63, 3.8) is 0 Å². The largest absolute Gasteiger partial charge is 0.493 e. The second-order valence-corrected chi connectivity index (χ2v) is 6.73. The van der Waals surface area contributed by atoms with E-state index in [4.69, 9.17) is 25.8 Å². The number of carbonyl (C=O) groups excluding carboxylic acids is 1. The van der Waals surface area contributed by atoms with Gasteiger partial charge in [-0.15, -0.1) is 0 Å². The number of amides is 1. The molecule has 140 valence electrons. The number of methoxy groups -OCH3 is 2. The van der Waals surface area contributed by atoms with Crippen LogP contribution >= 0.6 is 11.6 Å². The molecule has 6 nitrogen and oxygen atoms in total. The minimum atomic E-state index is -0.184. The van der Waals surface area contributed by atoms with Crippen molar-refractivity contribution in [2.75, 3.05) is 47.1 Å². The van der Waals surface area contributed by atoms with E-state index in [2.05, 4.69) is 24.1 Å². The van der Waals surface area contributed by atoms with Crippen LogP contribution in [-0.2, 0) is 4.74 Å². The molecule has 1 heterocycles. The fourth-order valence-electron chi connectivity index (χ4n) is 2.99. The Morgan fingerprint density at radius 2 is 2.00 bits per heavy atom. The van der Waals surface area contributed by atoms with Gasteiger partial charge in [-0.25, -0.2) is 0 Å². The molecule has 1 saturated heterocycles. The molecule has 0 saturated carbocycles. The van der Waals surface area contributed by atoms with E-state index in [9.17, 15) is 4.79 Å². The molecule has 1 fully saturated rings. The van der Waals surface area contributed by atoms with Crippen LogP contribution in [0.1, 0.15) is 30.6 Å². The lowest BCUT2D eigenvalue weighted by molar-refractivity contribution is -0.0169. The molecule has 0 spiro atoms. The highest BCUT2D eigenvalue weighted by molar-refractivity contribution is 6.32. The van der Waals surface area contributed by atoms with E-state index in [1.54, 1.807) is 12.1 Å². The predicted octanol–water partition coefficient (Wildman–Crippen LogP) is 2.59. The Morgan fingerprint density at radius 1 is 1.32 bits per heavy atom. The first-order valence-corrected chi connectivity index (χ1v) is 8.85. The zero-order valence-corrected chi connectivity index (χ0v) is 16.1. The molecule has 1 unspecified atom stereocenters. The van der Waals surface area contributed by atoms with Gasteiger partial charge in [-0.2, -0.15) is 0 Å². The van der Waals surface area contributed by atoms with Crippen molar-refractivity contribution in [1.82, 2.24) is 10.2 Å². The number of nitrogens with one attached hydrogen (secondary N) is 1. The average Bonchev–Trinajstić information content (AvgIpc) is 2.65. The van der Waals surface area contributed by atoms with Crippen LogP contribution in [-0.4, -0.2) is 63.4 Å². The van der Waals surface area contributed by atoms with Crippen LogP contribution in [0.3, 0.4) is 0 Å². The third-order valence-corrected chi connectivity index (χ3v) is 5.14. The summed E-state index contributed by atoms with van der Waals surface area (Å²) in [6.07, 6.45) is 0.931. The molecule has 0 aliphatic carbocycles. The van der Waals surface area contributed by atoms with Crippen molar-refractivity contribution in [1.29, 1.82) is 0 Å². The van der Waals surface area contributed by atoms with Gasteiger partial charge in [0.15, 0.2) is 11.5 Å². The van der Waals surface area contributed by atoms with Gasteiger partial charge < -0.3 is 19.5 Å². The molecule has 0 radical (unpaired) electrons. The van der Waals surface area contributed by atoms with Crippen LogP contribution in [0, 0.1) is 0 Å². The molecular formula is C18H27ClN2O4. The first-order chi connectivity index (χ1) is 11.9. The average molecular weight is 371 g/mol. The van der Waals surface area contributed by atoms with Crippen molar-refractivity contribution in [2.45, 2.75) is 25.8 Å². The molecular weight excluding hydrogens is 344 g/mol. The summed E-state index contributed by atoms with van der Waals surface area (Å²) in [7, 11) is 3.03. The molecule has 1 atom stereocenters. The topological polar surface area (TPSA) is 60.0 Å². The summed E-state index contributed by atoms with van der Waals surface area (Å²) in [5, 5.41) is 3.37. The summed E-state index contributed by atoms with van der Waals surface area (Å²) in [6.45, 7) is 8.07. The molecule has 1 aliphatic rings. The number of carbonyl (C=O) groups is 1. The summed E-state index contributed by atoms with van der Waals surface area (Å²) in [5.41, 5.74) is 0.336. The lowest BCUT2D eigenvalue weighted by Crippen LogP contribution is -2.56. The molecule has 1 aromatic rings. The fourth-order valence-corrected chi connectivity index (χ4v) is 3.27. The van der Waals surface area contributed by atoms with Gasteiger partial charge in [0.2, 0.25) is 0 Å². The van der Waals surface area contributed by atoms with Gasteiger partial charge in [-0.1, -0.05) is 18.5 Å². The number of benzene rings is 1. The normalized spacial score (nSPS) is 17.6. The Kier molecular flexibility index (Phi) is 6.93. The molecule has 1 aliphatic heterocycles. The standard InChI is InChI=1S/C18H27ClN2O4/c1-5-18(2,21-6-8-25-9-7-21)12-20-17(22)13-10-14(19)16(24-4)15(11-13)23-3/h10-11H,5-9,12H2,1-4H3,(H,20,22). The van der Waals surface area contributed by atoms with Crippen LogP contribution < -0.4 is 14.8 Å². The molecule has 1 amide bonds. The van der Waals surface area contributed by atoms with Crippen molar-refractivity contribution in [2.24, 2.45) is 0 Å². The minimum absolute atomic E-state index is 0.111. The van der Waals surface area contributed by atoms with Gasteiger partial charge in [-0.3, -0.25) is 9.69 Å². The van der Waals surface area contributed by atoms with Crippen LogP contribution in [0.25, 0.3) is 0 Å². The quantitative estimate of drug-likeness (QED) is 0.799. The number of halogens is 1. The number of hydrogen-bond donors (Lipinski definition) is 1. The van der Waals surface area contributed by atoms with E-state index in [0.717, 1.165) is 32.7 Å². The molecule has 1 N–H and O–H groups in total. The van der Waals surface area contributed by atoms with Crippen molar-refractivity contribution in [3.8, 4) is 11.5 Å². The zero-order chi connectivity index (χ0) is 18.4. The van der Waals surface area contributed by atoms with Crippen LogP contribution in [0.5, 0.6) is 11.5 Å². The van der Waals surface area contributed by atoms with E-state index in [0.29, 0.717) is 28.6 Å². The third-order valence-electron chi connectivity index (χ3n) is 4.86. The lowest BCUT2D eigenvalue weighted by atomic mass is 9.95. The zero-order valence-electron chi connectivity index (χ0n) is 15.4. The summed E-state index contributed by atoms with van der Waals surface area (Å²) in [4.78, 5) is 15.0. The number of rotatable bonds is 7. The Hall–Kier alpha value is -1.50. The summed E-state index contributed by atoms with van der Waals surface area (Å²) < 4.78 is 15.9.